The van der Waals surface area contributed by atoms with E-state index in [2.05, 4.69) is 51.9 Å². The Balaban J connectivity index is 1.76. The number of H-pyrrole nitrogens is 1. The zero-order chi connectivity index (χ0) is 25.3. The summed E-state index contributed by atoms with van der Waals surface area (Å²) in [6.07, 6.45) is 0.827. The Hall–Kier alpha value is -3.27. The number of nitro groups is 1. The van der Waals surface area contributed by atoms with Gasteiger partial charge in [-0.2, -0.15) is 0 Å². The van der Waals surface area contributed by atoms with E-state index < -0.39 is 17.4 Å². The molecule has 9 nitrogen and oxygen atoms in total. The number of carbonyl (C=O) groups excluding carboxylic acids is 1. The molecule has 0 saturated heterocycles. The van der Waals surface area contributed by atoms with Crippen LogP contribution in [-0.2, 0) is 10.2 Å². The number of amides is 1. The molecule has 0 aliphatic heterocycles. The molecule has 1 amide bonds. The number of aromatic hydroxyl groups is 1. The second kappa shape index (κ2) is 9.54. The highest BCUT2D eigenvalue weighted by Gasteiger charge is 2.30. The summed E-state index contributed by atoms with van der Waals surface area (Å²) >= 11 is 3.35. The summed E-state index contributed by atoms with van der Waals surface area (Å²) in [4.78, 5) is 26.1. The number of rotatable bonds is 7. The van der Waals surface area contributed by atoms with Crippen LogP contribution in [0.4, 0.5) is 11.4 Å². The minimum atomic E-state index is -0.754. The lowest BCUT2D eigenvalue weighted by molar-refractivity contribution is -0.385. The third kappa shape index (κ3) is 5.99. The highest BCUT2D eigenvalue weighted by Crippen LogP contribution is 2.40. The molecule has 2 aromatic carbocycles. The van der Waals surface area contributed by atoms with Crippen LogP contribution in [0.1, 0.15) is 46.6 Å². The lowest BCUT2D eigenvalue weighted by Gasteiger charge is -2.33. The van der Waals surface area contributed by atoms with Gasteiger partial charge in [-0.25, -0.2) is 0 Å². The lowest BCUT2D eigenvalue weighted by Crippen LogP contribution is -2.25. The van der Waals surface area contributed by atoms with Crippen molar-refractivity contribution in [2.24, 2.45) is 15.6 Å². The predicted molar refractivity (Wildman–Crippen MR) is 133 cm³/mol. The molecule has 0 fully saturated rings. The minimum Gasteiger partial charge on any atom is -0.493 e. The van der Waals surface area contributed by atoms with Gasteiger partial charge in [0, 0.05) is 15.9 Å². The number of fused-ring (bicyclic) bond motifs is 1. The van der Waals surface area contributed by atoms with Crippen molar-refractivity contribution in [1.29, 1.82) is 0 Å². The molecule has 0 spiro atoms. The first-order valence-electron chi connectivity index (χ1n) is 10.6. The third-order valence-electron chi connectivity index (χ3n) is 5.24. The molecule has 180 valence electrons. The maximum atomic E-state index is 12.2. The Morgan fingerprint density at radius 3 is 2.53 bits per heavy atom. The van der Waals surface area contributed by atoms with Gasteiger partial charge >= 0.3 is 11.6 Å². The largest absolute Gasteiger partial charge is 0.493 e. The molecule has 0 unspecified atom stereocenters. The molecule has 1 aromatic heterocycles. The quantitative estimate of drug-likeness (QED) is 0.194. The second-order valence-electron chi connectivity index (χ2n) is 9.96. The van der Waals surface area contributed by atoms with Crippen LogP contribution in [0.15, 0.2) is 51.1 Å². The number of ether oxygens (including phenoxy) is 1. The van der Waals surface area contributed by atoms with Crippen LogP contribution in [-0.4, -0.2) is 27.5 Å². The fraction of sp³-hybridized carbons (Fsp3) is 0.375. The Kier molecular flexibility index (Phi) is 7.11. The predicted octanol–water partition coefficient (Wildman–Crippen LogP) is 6.95. The van der Waals surface area contributed by atoms with E-state index in [-0.39, 0.29) is 33.8 Å². The molecule has 3 rings (SSSR count). The van der Waals surface area contributed by atoms with Gasteiger partial charge in [0.15, 0.2) is 18.0 Å². The van der Waals surface area contributed by atoms with Crippen LogP contribution >= 0.6 is 15.9 Å². The van der Waals surface area contributed by atoms with E-state index >= 15 is 0 Å². The number of hydrogen-bond acceptors (Lipinski definition) is 6. The molecule has 3 aromatic rings. The van der Waals surface area contributed by atoms with Crippen molar-refractivity contribution in [3.8, 4) is 11.6 Å². The zero-order valence-electron chi connectivity index (χ0n) is 19.7. The second-order valence-corrected chi connectivity index (χ2v) is 10.9. The van der Waals surface area contributed by atoms with Crippen molar-refractivity contribution in [3.05, 3.63) is 56.5 Å². The van der Waals surface area contributed by atoms with Crippen LogP contribution in [0.2, 0.25) is 0 Å². The molecule has 0 saturated carbocycles. The molecule has 0 aliphatic rings. The number of azo groups is 1. The van der Waals surface area contributed by atoms with Crippen LogP contribution in [0.3, 0.4) is 0 Å². The highest BCUT2D eigenvalue weighted by molar-refractivity contribution is 9.10. The number of carbonyl (C=O) groups is 1. The Morgan fingerprint density at radius 2 is 1.88 bits per heavy atom. The van der Waals surface area contributed by atoms with Crippen LogP contribution < -0.4 is 4.74 Å². The average Bonchev–Trinajstić information content (AvgIpc) is 3.03. The Morgan fingerprint density at radius 1 is 1.18 bits per heavy atom. The number of halogens is 1. The number of aromatic nitrogens is 1. The van der Waals surface area contributed by atoms with E-state index in [0.29, 0.717) is 10.9 Å². The fourth-order valence-corrected chi connectivity index (χ4v) is 4.50. The topological polar surface area (TPSA) is 130 Å². The third-order valence-corrected chi connectivity index (χ3v) is 5.73. The van der Waals surface area contributed by atoms with E-state index in [1.54, 1.807) is 24.3 Å². The van der Waals surface area contributed by atoms with Crippen LogP contribution in [0.25, 0.3) is 10.9 Å². The minimum absolute atomic E-state index is 0.0252. The normalized spacial score (nSPS) is 12.4. The van der Waals surface area contributed by atoms with E-state index in [9.17, 15) is 20.0 Å². The van der Waals surface area contributed by atoms with Gasteiger partial charge in [0.05, 0.1) is 10.4 Å². The first-order chi connectivity index (χ1) is 15.8. The molecule has 1 heterocycles. The van der Waals surface area contributed by atoms with Gasteiger partial charge in [-0.05, 0) is 47.1 Å². The maximum absolute atomic E-state index is 12.2. The molecule has 0 aliphatic carbocycles. The van der Waals surface area contributed by atoms with Crippen molar-refractivity contribution in [2.45, 2.75) is 46.5 Å². The monoisotopic (exact) mass is 530 g/mol. The van der Waals surface area contributed by atoms with Gasteiger partial charge in [-0.1, -0.05) is 56.6 Å². The number of nitro benzene ring substituents is 1. The summed E-state index contributed by atoms with van der Waals surface area (Å²) in [5.41, 5.74) is 1.09. The van der Waals surface area contributed by atoms with Gasteiger partial charge in [0.25, 0.3) is 0 Å². The molecule has 2 N–H and O–H groups in total. The Bertz CT molecular complexity index is 1270. The van der Waals surface area contributed by atoms with Crippen molar-refractivity contribution in [3.63, 3.8) is 0 Å². The highest BCUT2D eigenvalue weighted by atomic mass is 79.9. The maximum Gasteiger partial charge on any atom is 0.311 e. The van der Waals surface area contributed by atoms with E-state index in [1.165, 1.54) is 12.1 Å². The van der Waals surface area contributed by atoms with Gasteiger partial charge in [0.1, 0.15) is 0 Å². The standard InChI is InChI=1S/C24H27BrN4O5/c1-23(2,3)13-24(4,5)14-6-9-19(18(10-14)29(32)33)34-12-20(30)27-28-21-16-11-15(25)7-8-17(16)26-22(21)31/h6-11,26,31H,12-13H2,1-5H3. The zero-order valence-corrected chi connectivity index (χ0v) is 21.3. The molecule has 0 bridgehead atoms. The number of nitrogens with zero attached hydrogens (tertiary/aromatic N) is 3. The van der Waals surface area contributed by atoms with Crippen molar-refractivity contribution < 1.29 is 19.6 Å². The first-order valence-corrected chi connectivity index (χ1v) is 11.4. The van der Waals surface area contributed by atoms with E-state index in [1.807, 2.05) is 13.8 Å². The van der Waals surface area contributed by atoms with Crippen LogP contribution in [0, 0.1) is 15.5 Å². The molecule has 34 heavy (non-hydrogen) atoms. The van der Waals surface area contributed by atoms with Crippen LogP contribution in [0.5, 0.6) is 11.6 Å². The molecule has 0 radical (unpaired) electrons. The number of aromatic amines is 1. The van der Waals surface area contributed by atoms with Gasteiger partial charge < -0.3 is 14.8 Å². The molecular weight excluding hydrogens is 504 g/mol. The average molecular weight is 531 g/mol. The number of benzene rings is 2. The van der Waals surface area contributed by atoms with Crippen molar-refractivity contribution in [1.82, 2.24) is 4.98 Å². The number of hydrogen-bond donors (Lipinski definition) is 2. The van der Waals surface area contributed by atoms with Crippen molar-refractivity contribution in [2.75, 3.05) is 6.61 Å². The van der Waals surface area contributed by atoms with E-state index in [4.69, 9.17) is 4.74 Å². The summed E-state index contributed by atoms with van der Waals surface area (Å²) in [5, 5.41) is 29.7. The lowest BCUT2D eigenvalue weighted by atomic mass is 9.72. The smallest absolute Gasteiger partial charge is 0.311 e. The van der Waals surface area contributed by atoms with Gasteiger partial charge in [-0.3, -0.25) is 14.9 Å². The van der Waals surface area contributed by atoms with E-state index in [0.717, 1.165) is 16.5 Å². The van der Waals surface area contributed by atoms with Crippen molar-refractivity contribution >= 4 is 44.1 Å². The molecular formula is C24H27BrN4O5. The fourth-order valence-electron chi connectivity index (χ4n) is 4.14. The van der Waals surface area contributed by atoms with Gasteiger partial charge in [0.2, 0.25) is 5.88 Å². The van der Waals surface area contributed by atoms with Gasteiger partial charge in [-0.15, -0.1) is 10.2 Å². The molecule has 0 atom stereocenters. The summed E-state index contributed by atoms with van der Waals surface area (Å²) in [6, 6.07) is 10.0. The Labute approximate surface area is 205 Å². The summed E-state index contributed by atoms with van der Waals surface area (Å²) < 4.78 is 6.18. The summed E-state index contributed by atoms with van der Waals surface area (Å²) in [7, 11) is 0. The first kappa shape index (κ1) is 25.4. The molecule has 10 heteroatoms. The SMILES string of the molecule is CC(C)(C)CC(C)(C)c1ccc(OCC(=O)N=Nc2c(O)[nH]c3ccc(Br)cc23)c([N+](=O)[O-])c1. The summed E-state index contributed by atoms with van der Waals surface area (Å²) in [5.74, 6) is -1.01. The number of nitrogens with one attached hydrogen (secondary N) is 1. The summed E-state index contributed by atoms with van der Waals surface area (Å²) in [6.45, 7) is 9.91.